The topological polar surface area (TPSA) is 9.23 Å². The van der Waals surface area contributed by atoms with E-state index in [0.717, 1.165) is 12.5 Å². The van der Waals surface area contributed by atoms with Gasteiger partial charge in [-0.15, -0.1) is 12.6 Å². The molecular formula is C25H50OS. The van der Waals surface area contributed by atoms with Crippen molar-refractivity contribution in [3.8, 4) is 0 Å². The highest BCUT2D eigenvalue weighted by molar-refractivity contribution is 7.80. The molecule has 1 aliphatic rings. The molecular weight excluding hydrogens is 348 g/mol. The standard InChI is InChI=1S/C25H50OS/c1-3-4-5-6-7-8-9-10-11-12-13-14-15-16-17-18-19-22-26-25(27)23(2)24-20-21-24/h23-25,27H,3-22H2,1-2H3. The fraction of sp³-hybridized carbons (Fsp3) is 1.00. The van der Waals surface area contributed by atoms with Crippen LogP contribution in [0.15, 0.2) is 0 Å². The Morgan fingerprint density at radius 2 is 1.04 bits per heavy atom. The molecule has 0 heterocycles. The number of unbranched alkanes of at least 4 members (excludes halogenated alkanes) is 16. The van der Waals surface area contributed by atoms with Crippen molar-refractivity contribution in [3.63, 3.8) is 0 Å². The predicted molar refractivity (Wildman–Crippen MR) is 125 cm³/mol. The molecule has 1 rings (SSSR count). The Hall–Kier alpha value is 0.310. The van der Waals surface area contributed by atoms with Crippen LogP contribution in [0, 0.1) is 11.8 Å². The molecule has 0 aromatic heterocycles. The maximum Gasteiger partial charge on any atom is 0.103 e. The summed E-state index contributed by atoms with van der Waals surface area (Å²) in [6, 6.07) is 0. The summed E-state index contributed by atoms with van der Waals surface area (Å²) >= 11 is 4.62. The van der Waals surface area contributed by atoms with Crippen LogP contribution in [0.5, 0.6) is 0 Å². The van der Waals surface area contributed by atoms with Gasteiger partial charge in [0.05, 0.1) is 0 Å². The third kappa shape index (κ3) is 15.9. The number of ether oxygens (including phenoxy) is 1. The van der Waals surface area contributed by atoms with Crippen LogP contribution in [0.1, 0.15) is 136 Å². The van der Waals surface area contributed by atoms with Crippen molar-refractivity contribution in [3.05, 3.63) is 0 Å². The summed E-state index contributed by atoms with van der Waals surface area (Å²) in [5.74, 6) is 1.53. The van der Waals surface area contributed by atoms with E-state index in [1.165, 1.54) is 122 Å². The van der Waals surface area contributed by atoms with Crippen LogP contribution in [0.2, 0.25) is 0 Å². The number of rotatable bonds is 21. The molecule has 0 radical (unpaired) electrons. The Morgan fingerprint density at radius 3 is 1.41 bits per heavy atom. The second kappa shape index (κ2) is 18.3. The molecule has 2 heteroatoms. The van der Waals surface area contributed by atoms with Gasteiger partial charge >= 0.3 is 0 Å². The van der Waals surface area contributed by atoms with E-state index >= 15 is 0 Å². The van der Waals surface area contributed by atoms with Gasteiger partial charge in [-0.1, -0.05) is 117 Å². The van der Waals surface area contributed by atoms with Crippen LogP contribution >= 0.6 is 12.6 Å². The van der Waals surface area contributed by atoms with Gasteiger partial charge in [-0.05, 0) is 31.1 Å². The first-order chi connectivity index (χ1) is 13.3. The fourth-order valence-electron chi connectivity index (χ4n) is 4.04. The monoisotopic (exact) mass is 398 g/mol. The first kappa shape index (κ1) is 25.3. The third-order valence-electron chi connectivity index (χ3n) is 6.35. The lowest BCUT2D eigenvalue weighted by Crippen LogP contribution is -2.18. The fourth-order valence-corrected chi connectivity index (χ4v) is 4.39. The maximum absolute atomic E-state index is 5.89. The van der Waals surface area contributed by atoms with E-state index in [0.29, 0.717) is 5.92 Å². The van der Waals surface area contributed by atoms with Crippen molar-refractivity contribution in [2.75, 3.05) is 6.61 Å². The van der Waals surface area contributed by atoms with Crippen LogP contribution in [0.3, 0.4) is 0 Å². The Labute approximate surface area is 177 Å². The van der Waals surface area contributed by atoms with Crippen molar-refractivity contribution in [2.45, 2.75) is 141 Å². The zero-order valence-corrected chi connectivity index (χ0v) is 19.6. The average Bonchev–Trinajstić information content (AvgIpc) is 3.51. The lowest BCUT2D eigenvalue weighted by molar-refractivity contribution is 0.0703. The highest BCUT2D eigenvalue weighted by atomic mass is 32.1. The van der Waals surface area contributed by atoms with Crippen molar-refractivity contribution in [2.24, 2.45) is 11.8 Å². The van der Waals surface area contributed by atoms with Gasteiger partial charge in [-0.25, -0.2) is 0 Å². The minimum absolute atomic E-state index is 0.165. The molecule has 27 heavy (non-hydrogen) atoms. The van der Waals surface area contributed by atoms with Crippen molar-refractivity contribution >= 4 is 12.6 Å². The predicted octanol–water partition coefficient (Wildman–Crippen LogP) is 8.96. The minimum atomic E-state index is 0.165. The molecule has 0 aromatic rings. The normalized spacial score (nSPS) is 16.6. The summed E-state index contributed by atoms with van der Waals surface area (Å²) in [6.45, 7) is 5.50. The van der Waals surface area contributed by atoms with Crippen LogP contribution in [-0.2, 0) is 4.74 Å². The second-order valence-electron chi connectivity index (χ2n) is 9.11. The molecule has 1 nitrogen and oxygen atoms in total. The molecule has 0 bridgehead atoms. The van der Waals surface area contributed by atoms with E-state index < -0.39 is 0 Å². The molecule has 2 unspecified atom stereocenters. The third-order valence-corrected chi connectivity index (χ3v) is 6.97. The molecule has 2 atom stereocenters. The molecule has 1 aliphatic carbocycles. The van der Waals surface area contributed by atoms with Crippen LogP contribution in [0.25, 0.3) is 0 Å². The molecule has 162 valence electrons. The zero-order valence-electron chi connectivity index (χ0n) is 18.7. The quantitative estimate of drug-likeness (QED) is 0.115. The minimum Gasteiger partial charge on any atom is -0.368 e. The van der Waals surface area contributed by atoms with E-state index in [4.69, 9.17) is 4.74 Å². The molecule has 0 amide bonds. The van der Waals surface area contributed by atoms with Gasteiger partial charge in [-0.3, -0.25) is 0 Å². The largest absolute Gasteiger partial charge is 0.368 e. The Balaban J connectivity index is 1.67. The molecule has 0 spiro atoms. The zero-order chi connectivity index (χ0) is 19.6. The van der Waals surface area contributed by atoms with Gasteiger partial charge in [-0.2, -0.15) is 0 Å². The number of thiol groups is 1. The van der Waals surface area contributed by atoms with Crippen LogP contribution in [0.4, 0.5) is 0 Å². The SMILES string of the molecule is CCCCCCCCCCCCCCCCCCCOC(S)C(C)C1CC1. The first-order valence-electron chi connectivity index (χ1n) is 12.6. The van der Waals surface area contributed by atoms with E-state index in [2.05, 4.69) is 26.5 Å². The van der Waals surface area contributed by atoms with Crippen molar-refractivity contribution < 1.29 is 4.74 Å². The average molecular weight is 399 g/mol. The van der Waals surface area contributed by atoms with E-state index in [9.17, 15) is 0 Å². The Kier molecular flexibility index (Phi) is 17.2. The summed E-state index contributed by atoms with van der Waals surface area (Å²) in [5, 5.41) is 0. The highest BCUT2D eigenvalue weighted by Crippen LogP contribution is 2.39. The summed E-state index contributed by atoms with van der Waals surface area (Å²) < 4.78 is 5.89. The summed E-state index contributed by atoms with van der Waals surface area (Å²) in [5.41, 5.74) is 0.165. The van der Waals surface area contributed by atoms with E-state index in [-0.39, 0.29) is 5.44 Å². The van der Waals surface area contributed by atoms with Gasteiger partial charge in [0.15, 0.2) is 0 Å². The molecule has 1 fully saturated rings. The lowest BCUT2D eigenvalue weighted by atomic mass is 10.0. The first-order valence-corrected chi connectivity index (χ1v) is 13.1. The van der Waals surface area contributed by atoms with Gasteiger partial charge in [0.2, 0.25) is 0 Å². The summed E-state index contributed by atoms with van der Waals surface area (Å²) in [7, 11) is 0. The Morgan fingerprint density at radius 1 is 0.667 bits per heavy atom. The van der Waals surface area contributed by atoms with Crippen LogP contribution < -0.4 is 0 Å². The summed E-state index contributed by atoms with van der Waals surface area (Å²) in [6.07, 6.45) is 27.0. The lowest BCUT2D eigenvalue weighted by Gasteiger charge is -2.19. The Bertz CT molecular complexity index is 303. The molecule has 0 N–H and O–H groups in total. The maximum atomic E-state index is 5.89. The smallest absolute Gasteiger partial charge is 0.103 e. The summed E-state index contributed by atoms with van der Waals surface area (Å²) in [4.78, 5) is 0. The van der Waals surface area contributed by atoms with E-state index in [1.54, 1.807) is 0 Å². The van der Waals surface area contributed by atoms with Crippen molar-refractivity contribution in [1.82, 2.24) is 0 Å². The molecule has 0 saturated heterocycles. The molecule has 1 saturated carbocycles. The molecule has 0 aliphatic heterocycles. The van der Waals surface area contributed by atoms with Gasteiger partial charge in [0.1, 0.15) is 5.44 Å². The second-order valence-corrected chi connectivity index (χ2v) is 9.62. The van der Waals surface area contributed by atoms with Gasteiger partial charge in [0, 0.05) is 6.61 Å². The number of hydrogen-bond acceptors (Lipinski definition) is 2. The van der Waals surface area contributed by atoms with Gasteiger partial charge < -0.3 is 4.74 Å². The van der Waals surface area contributed by atoms with Crippen LogP contribution in [-0.4, -0.2) is 12.0 Å². The van der Waals surface area contributed by atoms with Gasteiger partial charge in [0.25, 0.3) is 0 Å². The van der Waals surface area contributed by atoms with Crippen molar-refractivity contribution in [1.29, 1.82) is 0 Å². The number of hydrogen-bond donors (Lipinski definition) is 1. The highest BCUT2D eigenvalue weighted by Gasteiger charge is 2.32. The van der Waals surface area contributed by atoms with E-state index in [1.807, 2.05) is 0 Å². The molecule has 0 aromatic carbocycles.